The number of ether oxygens (including phenoxy) is 2. The Bertz CT molecular complexity index is 1360. The van der Waals surface area contributed by atoms with Gasteiger partial charge in [0.1, 0.15) is 17.3 Å². The number of urea groups is 1. The van der Waals surface area contributed by atoms with Gasteiger partial charge < -0.3 is 19.7 Å². The number of rotatable bonds is 9. The zero-order valence-corrected chi connectivity index (χ0v) is 22.2. The summed E-state index contributed by atoms with van der Waals surface area (Å²) in [5.41, 5.74) is 1.14. The van der Waals surface area contributed by atoms with Crippen molar-refractivity contribution in [2.75, 3.05) is 20.8 Å². The van der Waals surface area contributed by atoms with Gasteiger partial charge in [0.05, 0.1) is 42.0 Å². The van der Waals surface area contributed by atoms with E-state index in [0.29, 0.717) is 10.2 Å². The van der Waals surface area contributed by atoms with Crippen molar-refractivity contribution in [2.45, 2.75) is 50.4 Å². The first-order chi connectivity index (χ1) is 19.0. The fraction of sp³-hybridized carbons (Fsp3) is 0.478. The van der Waals surface area contributed by atoms with E-state index in [1.165, 1.54) is 42.5 Å². The molecule has 0 radical (unpaired) electrons. The summed E-state index contributed by atoms with van der Waals surface area (Å²) in [6, 6.07) is -5.42. The molecule has 0 aliphatic carbocycles. The van der Waals surface area contributed by atoms with Gasteiger partial charge in [0, 0.05) is 18.5 Å². The number of carbonyl (C=O) groups excluding carboxylic acids is 1. The SMILES string of the molecule is CCN(C(=O)NC(CCC(F)(F)F)C(F)(F)F)[C@@H](c1cc(-c2cc3scnc3c(OC)n2)c(OC)cn1)C(F)(F)F. The van der Waals surface area contributed by atoms with Gasteiger partial charge in [-0.3, -0.25) is 4.98 Å². The fourth-order valence-electron chi connectivity index (χ4n) is 3.89. The zero-order valence-electron chi connectivity index (χ0n) is 21.4. The van der Waals surface area contributed by atoms with Crippen molar-refractivity contribution in [3.05, 3.63) is 29.5 Å². The van der Waals surface area contributed by atoms with Crippen molar-refractivity contribution in [3.8, 4) is 22.9 Å². The number of amides is 2. The Morgan fingerprint density at radius 1 is 1.02 bits per heavy atom. The molecule has 18 heteroatoms. The lowest BCUT2D eigenvalue weighted by Crippen LogP contribution is -2.53. The van der Waals surface area contributed by atoms with Crippen molar-refractivity contribution in [3.63, 3.8) is 0 Å². The highest BCUT2D eigenvalue weighted by atomic mass is 32.1. The normalized spacial score (nSPS) is 14.0. The number of alkyl halides is 9. The predicted octanol–water partition coefficient (Wildman–Crippen LogP) is 6.68. The van der Waals surface area contributed by atoms with Crippen LogP contribution in [0.1, 0.15) is 31.5 Å². The van der Waals surface area contributed by atoms with Crippen LogP contribution in [-0.4, -0.2) is 71.2 Å². The van der Waals surface area contributed by atoms with E-state index < -0.39 is 61.7 Å². The quantitative estimate of drug-likeness (QED) is 0.269. The van der Waals surface area contributed by atoms with Gasteiger partial charge in [-0.15, -0.1) is 11.3 Å². The molecule has 2 atom stereocenters. The van der Waals surface area contributed by atoms with Gasteiger partial charge in [-0.05, 0) is 25.5 Å². The van der Waals surface area contributed by atoms with Gasteiger partial charge in [0.25, 0.3) is 0 Å². The second-order valence-electron chi connectivity index (χ2n) is 8.45. The molecule has 0 aliphatic heterocycles. The molecular formula is C23H22F9N5O3S. The predicted molar refractivity (Wildman–Crippen MR) is 129 cm³/mol. The maximum Gasteiger partial charge on any atom is 0.414 e. The van der Waals surface area contributed by atoms with E-state index in [2.05, 4.69) is 15.0 Å². The fourth-order valence-corrected chi connectivity index (χ4v) is 4.60. The molecule has 3 aromatic heterocycles. The maximum atomic E-state index is 14.4. The van der Waals surface area contributed by atoms with Gasteiger partial charge in [-0.2, -0.15) is 39.5 Å². The number of nitrogens with one attached hydrogen (secondary N) is 1. The average molecular weight is 620 g/mol. The van der Waals surface area contributed by atoms with Crippen LogP contribution in [0.2, 0.25) is 0 Å². The Morgan fingerprint density at radius 2 is 1.71 bits per heavy atom. The molecule has 0 spiro atoms. The molecule has 0 aromatic carbocycles. The third-order valence-corrected chi connectivity index (χ3v) is 6.55. The van der Waals surface area contributed by atoms with Crippen LogP contribution in [0, 0.1) is 0 Å². The Hall–Kier alpha value is -3.57. The molecule has 3 aromatic rings. The number of hydrogen-bond donors (Lipinski definition) is 1. The molecule has 226 valence electrons. The number of nitrogens with zero attached hydrogens (tertiary/aromatic N) is 4. The Kier molecular flexibility index (Phi) is 9.44. The number of hydrogen-bond acceptors (Lipinski definition) is 7. The van der Waals surface area contributed by atoms with Gasteiger partial charge in [0.15, 0.2) is 6.04 Å². The van der Waals surface area contributed by atoms with Crippen molar-refractivity contribution >= 4 is 27.6 Å². The van der Waals surface area contributed by atoms with Crippen LogP contribution in [0.15, 0.2) is 23.8 Å². The van der Waals surface area contributed by atoms with Crippen molar-refractivity contribution in [1.29, 1.82) is 0 Å². The summed E-state index contributed by atoms with van der Waals surface area (Å²) >= 11 is 1.19. The highest BCUT2D eigenvalue weighted by Crippen LogP contribution is 2.41. The van der Waals surface area contributed by atoms with E-state index in [9.17, 15) is 44.3 Å². The minimum absolute atomic E-state index is 0.00527. The Morgan fingerprint density at radius 3 is 2.24 bits per heavy atom. The highest BCUT2D eigenvalue weighted by molar-refractivity contribution is 7.16. The molecule has 0 aliphatic rings. The smallest absolute Gasteiger partial charge is 0.414 e. The lowest BCUT2D eigenvalue weighted by molar-refractivity contribution is -0.182. The number of carbonyl (C=O) groups is 1. The number of methoxy groups -OCH3 is 2. The Balaban J connectivity index is 2.06. The zero-order chi connectivity index (χ0) is 30.8. The van der Waals surface area contributed by atoms with Crippen LogP contribution in [0.3, 0.4) is 0 Å². The average Bonchev–Trinajstić information content (AvgIpc) is 3.35. The van der Waals surface area contributed by atoms with E-state index in [0.717, 1.165) is 19.2 Å². The molecule has 0 fully saturated rings. The lowest BCUT2D eigenvalue weighted by atomic mass is 10.0. The number of aromatic nitrogens is 3. The summed E-state index contributed by atoms with van der Waals surface area (Å²) < 4.78 is 132. The van der Waals surface area contributed by atoms with Crippen LogP contribution in [0.4, 0.5) is 44.3 Å². The van der Waals surface area contributed by atoms with Gasteiger partial charge >= 0.3 is 24.6 Å². The van der Waals surface area contributed by atoms with E-state index in [1.54, 1.807) is 0 Å². The summed E-state index contributed by atoms with van der Waals surface area (Å²) in [5.74, 6) is 0.0306. The van der Waals surface area contributed by atoms with Crippen LogP contribution in [0.25, 0.3) is 21.5 Å². The van der Waals surface area contributed by atoms with Crippen LogP contribution in [-0.2, 0) is 0 Å². The van der Waals surface area contributed by atoms with Crippen LogP contribution >= 0.6 is 11.3 Å². The van der Waals surface area contributed by atoms with Crippen LogP contribution in [0.5, 0.6) is 11.6 Å². The molecular weight excluding hydrogens is 597 g/mol. The van der Waals surface area contributed by atoms with E-state index in [1.807, 2.05) is 0 Å². The molecule has 3 rings (SSSR count). The topological polar surface area (TPSA) is 89.5 Å². The second-order valence-corrected chi connectivity index (χ2v) is 9.34. The first kappa shape index (κ1) is 32.0. The van der Waals surface area contributed by atoms with E-state index >= 15 is 0 Å². The van der Waals surface area contributed by atoms with Crippen molar-refractivity contribution < 1.29 is 53.8 Å². The molecule has 3 heterocycles. The molecule has 0 bridgehead atoms. The third kappa shape index (κ3) is 7.59. The van der Waals surface area contributed by atoms with Gasteiger partial charge in [-0.1, -0.05) is 0 Å². The summed E-state index contributed by atoms with van der Waals surface area (Å²) in [4.78, 5) is 24.9. The molecule has 1 unspecified atom stereocenters. The largest absolute Gasteiger partial charge is 0.494 e. The number of thiazole rings is 1. The van der Waals surface area contributed by atoms with E-state index in [-0.39, 0.29) is 27.8 Å². The van der Waals surface area contributed by atoms with Crippen molar-refractivity contribution in [2.24, 2.45) is 0 Å². The standard InChI is InChI=1S/C23H22F9N5O3S/c1-4-37(20(38)36-16(22(27,28)29)5-6-21(24,25)26)18(23(30,31)32)13-7-11(14(39-2)9-33-13)12-8-15-17(34-10-41-15)19(35-12)40-3/h7-10,16,18H,4-6H2,1-3H3,(H,36,38)/t16?,18-/m0/s1. The lowest BCUT2D eigenvalue weighted by Gasteiger charge is -2.34. The van der Waals surface area contributed by atoms with Gasteiger partial charge in [0.2, 0.25) is 5.88 Å². The number of pyridine rings is 2. The third-order valence-electron chi connectivity index (χ3n) is 5.78. The minimum atomic E-state index is -5.36. The van der Waals surface area contributed by atoms with Gasteiger partial charge in [-0.25, -0.2) is 14.8 Å². The minimum Gasteiger partial charge on any atom is -0.494 e. The summed E-state index contributed by atoms with van der Waals surface area (Å²) in [5, 5.41) is 1.28. The molecule has 1 N–H and O–H groups in total. The molecule has 0 saturated heterocycles. The van der Waals surface area contributed by atoms with Crippen molar-refractivity contribution in [1.82, 2.24) is 25.2 Å². The molecule has 8 nitrogen and oxygen atoms in total. The first-order valence-electron chi connectivity index (χ1n) is 11.6. The first-order valence-corrected chi connectivity index (χ1v) is 12.5. The molecule has 0 saturated carbocycles. The molecule has 2 amide bonds. The Labute approximate surface area is 230 Å². The number of fused-ring (bicyclic) bond motifs is 1. The summed E-state index contributed by atoms with van der Waals surface area (Å²) in [7, 11) is 2.52. The highest BCUT2D eigenvalue weighted by Gasteiger charge is 2.49. The number of halogens is 9. The van der Waals surface area contributed by atoms with Crippen LogP contribution < -0.4 is 14.8 Å². The second kappa shape index (κ2) is 12.1. The summed E-state index contributed by atoms with van der Waals surface area (Å²) in [6.07, 6.45) is -18.2. The van der Waals surface area contributed by atoms with E-state index in [4.69, 9.17) is 9.47 Å². The monoisotopic (exact) mass is 619 g/mol. The maximum absolute atomic E-state index is 14.4. The molecule has 41 heavy (non-hydrogen) atoms. The summed E-state index contributed by atoms with van der Waals surface area (Å²) in [6.45, 7) is 0.285.